The van der Waals surface area contributed by atoms with Gasteiger partial charge in [-0.05, 0) is 31.7 Å². The lowest BCUT2D eigenvalue weighted by atomic mass is 9.93. The summed E-state index contributed by atoms with van der Waals surface area (Å²) in [6, 6.07) is 1.70. The Hall–Kier alpha value is -1.89. The molecule has 0 aliphatic heterocycles. The minimum atomic E-state index is -0.240. The van der Waals surface area contributed by atoms with E-state index in [1.807, 2.05) is 6.07 Å². The van der Waals surface area contributed by atoms with E-state index in [1.165, 1.54) is 11.3 Å². The SMILES string of the molecule is CCC(CC)c1nnc(NC(=O)NC2CCCc3occc32)s1. The lowest BCUT2D eigenvalue weighted by Gasteiger charge is -2.22. The van der Waals surface area contributed by atoms with Crippen LogP contribution in [0, 0.1) is 0 Å². The molecule has 124 valence electrons. The van der Waals surface area contributed by atoms with Crippen LogP contribution in [0.5, 0.6) is 0 Å². The van der Waals surface area contributed by atoms with Gasteiger partial charge in [0, 0.05) is 17.9 Å². The number of urea groups is 1. The molecule has 0 fully saturated rings. The van der Waals surface area contributed by atoms with Crippen LogP contribution in [0.15, 0.2) is 16.7 Å². The Balaban J connectivity index is 1.60. The first kappa shape index (κ1) is 16.0. The molecule has 3 rings (SSSR count). The van der Waals surface area contributed by atoms with E-state index in [0.29, 0.717) is 11.0 Å². The summed E-state index contributed by atoms with van der Waals surface area (Å²) in [7, 11) is 0. The topological polar surface area (TPSA) is 80.0 Å². The number of furan rings is 1. The molecule has 1 aliphatic rings. The summed E-state index contributed by atoms with van der Waals surface area (Å²) >= 11 is 1.46. The second kappa shape index (κ2) is 7.12. The van der Waals surface area contributed by atoms with Crippen molar-refractivity contribution in [2.24, 2.45) is 0 Å². The summed E-state index contributed by atoms with van der Waals surface area (Å²) < 4.78 is 5.45. The van der Waals surface area contributed by atoms with Gasteiger partial charge in [-0.15, -0.1) is 10.2 Å². The van der Waals surface area contributed by atoms with E-state index in [2.05, 4.69) is 34.7 Å². The highest BCUT2D eigenvalue weighted by Gasteiger charge is 2.24. The molecule has 2 N–H and O–H groups in total. The zero-order valence-corrected chi connectivity index (χ0v) is 14.3. The molecule has 1 atom stereocenters. The van der Waals surface area contributed by atoms with Crippen LogP contribution in [-0.2, 0) is 6.42 Å². The maximum atomic E-state index is 12.2. The summed E-state index contributed by atoms with van der Waals surface area (Å²) in [6.07, 6.45) is 6.63. The van der Waals surface area contributed by atoms with Crippen LogP contribution >= 0.6 is 11.3 Å². The number of aryl methyl sites for hydroxylation is 1. The average Bonchev–Trinajstić information content (AvgIpc) is 3.18. The van der Waals surface area contributed by atoms with E-state index in [-0.39, 0.29) is 12.1 Å². The molecule has 2 amide bonds. The van der Waals surface area contributed by atoms with Crippen molar-refractivity contribution in [3.8, 4) is 0 Å². The third kappa shape index (κ3) is 3.55. The van der Waals surface area contributed by atoms with Crippen LogP contribution in [0.4, 0.5) is 9.93 Å². The molecule has 0 saturated heterocycles. The highest BCUT2D eigenvalue weighted by Crippen LogP contribution is 2.31. The molecule has 7 heteroatoms. The number of aromatic nitrogens is 2. The first-order valence-corrected chi connectivity index (χ1v) is 9.00. The standard InChI is InChI=1S/C16H22N4O2S/c1-3-10(4-2)14-19-20-16(23-14)18-15(21)17-12-6-5-7-13-11(12)8-9-22-13/h8-10,12H,3-7H2,1-2H3,(H2,17,18,20,21). The van der Waals surface area contributed by atoms with Gasteiger partial charge in [0.15, 0.2) is 0 Å². The molecular weight excluding hydrogens is 312 g/mol. The number of amides is 2. The fraction of sp³-hybridized carbons (Fsp3) is 0.562. The molecule has 2 heterocycles. The van der Waals surface area contributed by atoms with Crippen molar-refractivity contribution in [1.82, 2.24) is 15.5 Å². The molecule has 1 aliphatic carbocycles. The van der Waals surface area contributed by atoms with Crippen LogP contribution in [0.2, 0.25) is 0 Å². The lowest BCUT2D eigenvalue weighted by Crippen LogP contribution is -2.34. The molecule has 0 bridgehead atoms. The molecular formula is C16H22N4O2S. The molecule has 23 heavy (non-hydrogen) atoms. The summed E-state index contributed by atoms with van der Waals surface area (Å²) in [5, 5.41) is 15.6. The number of carbonyl (C=O) groups excluding carboxylic acids is 1. The van der Waals surface area contributed by atoms with Crippen LogP contribution in [0.3, 0.4) is 0 Å². The number of hydrogen-bond acceptors (Lipinski definition) is 5. The Bertz CT molecular complexity index is 663. The van der Waals surface area contributed by atoms with E-state index >= 15 is 0 Å². The highest BCUT2D eigenvalue weighted by molar-refractivity contribution is 7.15. The summed E-state index contributed by atoms with van der Waals surface area (Å²) in [6.45, 7) is 4.28. The van der Waals surface area contributed by atoms with Crippen molar-refractivity contribution in [2.75, 3.05) is 5.32 Å². The van der Waals surface area contributed by atoms with Gasteiger partial charge in [-0.2, -0.15) is 0 Å². The number of nitrogens with one attached hydrogen (secondary N) is 2. The summed E-state index contributed by atoms with van der Waals surface area (Å²) in [5.74, 6) is 1.39. The monoisotopic (exact) mass is 334 g/mol. The molecule has 0 saturated carbocycles. The second-order valence-corrected chi connectivity index (χ2v) is 6.81. The van der Waals surface area contributed by atoms with E-state index in [9.17, 15) is 4.79 Å². The average molecular weight is 334 g/mol. The van der Waals surface area contributed by atoms with E-state index in [1.54, 1.807) is 6.26 Å². The fourth-order valence-electron chi connectivity index (χ4n) is 3.02. The van der Waals surface area contributed by atoms with E-state index in [0.717, 1.165) is 48.4 Å². The maximum absolute atomic E-state index is 12.2. The zero-order valence-electron chi connectivity index (χ0n) is 13.5. The Kier molecular flexibility index (Phi) is 4.95. The minimum Gasteiger partial charge on any atom is -0.469 e. The first-order chi connectivity index (χ1) is 11.2. The number of hydrogen-bond donors (Lipinski definition) is 2. The first-order valence-electron chi connectivity index (χ1n) is 8.18. The third-order valence-electron chi connectivity index (χ3n) is 4.35. The highest BCUT2D eigenvalue weighted by atomic mass is 32.1. The van der Waals surface area contributed by atoms with Gasteiger partial charge in [-0.25, -0.2) is 4.79 Å². The van der Waals surface area contributed by atoms with Crippen LogP contribution in [0.25, 0.3) is 0 Å². The van der Waals surface area contributed by atoms with Crippen molar-refractivity contribution >= 4 is 22.5 Å². The number of rotatable bonds is 5. The quantitative estimate of drug-likeness (QED) is 0.857. The molecule has 6 nitrogen and oxygen atoms in total. The number of fused-ring (bicyclic) bond motifs is 1. The Morgan fingerprint density at radius 2 is 2.26 bits per heavy atom. The number of anilines is 1. The largest absolute Gasteiger partial charge is 0.469 e. The molecule has 2 aromatic rings. The Labute approximate surface area is 139 Å². The minimum absolute atomic E-state index is 0.00363. The lowest BCUT2D eigenvalue weighted by molar-refractivity contribution is 0.246. The second-order valence-electron chi connectivity index (χ2n) is 5.80. The van der Waals surface area contributed by atoms with Crippen molar-refractivity contribution in [3.63, 3.8) is 0 Å². The van der Waals surface area contributed by atoms with Gasteiger partial charge >= 0.3 is 6.03 Å². The van der Waals surface area contributed by atoms with Gasteiger partial charge < -0.3 is 9.73 Å². The van der Waals surface area contributed by atoms with Gasteiger partial charge in [0.25, 0.3) is 0 Å². The summed E-state index contributed by atoms with van der Waals surface area (Å²) in [5.41, 5.74) is 1.08. The predicted octanol–water partition coefficient (Wildman–Crippen LogP) is 4.23. The van der Waals surface area contributed by atoms with Crippen molar-refractivity contribution in [2.45, 2.75) is 57.9 Å². The van der Waals surface area contributed by atoms with E-state index in [4.69, 9.17) is 4.42 Å². The summed E-state index contributed by atoms with van der Waals surface area (Å²) in [4.78, 5) is 12.2. The van der Waals surface area contributed by atoms with Gasteiger partial charge in [0.2, 0.25) is 5.13 Å². The van der Waals surface area contributed by atoms with Crippen LogP contribution in [0.1, 0.15) is 67.8 Å². The maximum Gasteiger partial charge on any atom is 0.321 e. The fourth-order valence-corrected chi connectivity index (χ4v) is 4.02. The van der Waals surface area contributed by atoms with Gasteiger partial charge in [-0.3, -0.25) is 5.32 Å². The van der Waals surface area contributed by atoms with Crippen molar-refractivity contribution < 1.29 is 9.21 Å². The molecule has 2 aromatic heterocycles. The van der Waals surface area contributed by atoms with Crippen molar-refractivity contribution in [1.29, 1.82) is 0 Å². The Morgan fingerprint density at radius 3 is 3.04 bits per heavy atom. The molecule has 1 unspecified atom stereocenters. The third-order valence-corrected chi connectivity index (χ3v) is 5.35. The normalized spacial score (nSPS) is 17.1. The predicted molar refractivity (Wildman–Crippen MR) is 89.8 cm³/mol. The zero-order chi connectivity index (χ0) is 16.2. The van der Waals surface area contributed by atoms with E-state index < -0.39 is 0 Å². The van der Waals surface area contributed by atoms with Gasteiger partial charge in [-0.1, -0.05) is 25.2 Å². The molecule has 0 aromatic carbocycles. The Morgan fingerprint density at radius 1 is 1.43 bits per heavy atom. The van der Waals surface area contributed by atoms with Crippen LogP contribution in [-0.4, -0.2) is 16.2 Å². The molecule has 0 spiro atoms. The number of carbonyl (C=O) groups is 1. The smallest absolute Gasteiger partial charge is 0.321 e. The number of nitrogens with zero attached hydrogens (tertiary/aromatic N) is 2. The van der Waals surface area contributed by atoms with Crippen LogP contribution < -0.4 is 10.6 Å². The molecule has 0 radical (unpaired) electrons. The van der Waals surface area contributed by atoms with Gasteiger partial charge in [0.05, 0.1) is 12.3 Å². The van der Waals surface area contributed by atoms with Crippen molar-refractivity contribution in [3.05, 3.63) is 28.7 Å². The van der Waals surface area contributed by atoms with Gasteiger partial charge in [0.1, 0.15) is 10.8 Å².